The maximum atomic E-state index is 9.68. The van der Waals surface area contributed by atoms with E-state index in [1.807, 2.05) is 48.5 Å². The Hall–Kier alpha value is -2.42. The summed E-state index contributed by atoms with van der Waals surface area (Å²) in [5.41, 5.74) is 0. The topological polar surface area (TPSA) is 29.5 Å². The molecule has 0 aliphatic rings. The molecule has 1 N–H and O–H groups in total. The smallest absolute Gasteiger partial charge is 0.134 e. The van der Waals surface area contributed by atoms with E-state index in [0.29, 0.717) is 21.5 Å². The predicted molar refractivity (Wildman–Crippen MR) is 99.7 cm³/mol. The molecule has 0 spiro atoms. The van der Waals surface area contributed by atoms with Gasteiger partial charge in [-0.3, -0.25) is 0 Å². The minimum absolute atomic E-state index is 0.0687. The average molecular weight is 355 g/mol. The second kappa shape index (κ2) is 5.90. The van der Waals surface area contributed by atoms with Gasteiger partial charge in [-0.1, -0.05) is 53.5 Å². The van der Waals surface area contributed by atoms with Crippen LogP contribution in [0, 0.1) is 0 Å². The number of rotatable bonds is 2. The summed E-state index contributed by atoms with van der Waals surface area (Å²) < 4.78 is 5.96. The number of hydrogen-bond acceptors (Lipinski definition) is 2. The lowest BCUT2D eigenvalue weighted by atomic mass is 10.1. The van der Waals surface area contributed by atoms with Gasteiger partial charge in [-0.15, -0.1) is 0 Å². The van der Waals surface area contributed by atoms with E-state index < -0.39 is 0 Å². The SMILES string of the molecule is Oc1ccc2cc(Oc3cc(Cl)c4ccccc4c3)ccc2c1Cl. The molecular formula is C20H12Cl2O2. The Bertz CT molecular complexity index is 1070. The van der Waals surface area contributed by atoms with Crippen LogP contribution in [-0.4, -0.2) is 5.11 Å². The number of aromatic hydroxyl groups is 1. The summed E-state index contributed by atoms with van der Waals surface area (Å²) in [6.45, 7) is 0. The fourth-order valence-electron chi connectivity index (χ4n) is 2.75. The Labute approximate surface area is 148 Å². The van der Waals surface area contributed by atoms with Gasteiger partial charge in [-0.25, -0.2) is 0 Å². The van der Waals surface area contributed by atoms with Gasteiger partial charge in [0.2, 0.25) is 0 Å². The summed E-state index contributed by atoms with van der Waals surface area (Å²) in [4.78, 5) is 0. The summed E-state index contributed by atoms with van der Waals surface area (Å²) in [5.74, 6) is 1.41. The summed E-state index contributed by atoms with van der Waals surface area (Å²) in [7, 11) is 0. The molecule has 0 heterocycles. The number of benzene rings is 4. The summed E-state index contributed by atoms with van der Waals surface area (Å²) in [6, 6.07) is 20.5. The first kappa shape index (κ1) is 15.1. The Morgan fingerprint density at radius 1 is 0.708 bits per heavy atom. The van der Waals surface area contributed by atoms with Crippen LogP contribution in [0.15, 0.2) is 66.7 Å². The molecule has 118 valence electrons. The molecule has 4 heteroatoms. The van der Waals surface area contributed by atoms with Crippen molar-refractivity contribution >= 4 is 44.7 Å². The highest BCUT2D eigenvalue weighted by Gasteiger charge is 2.08. The maximum absolute atomic E-state index is 9.68. The van der Waals surface area contributed by atoms with Crippen molar-refractivity contribution in [3.8, 4) is 17.2 Å². The third-order valence-corrected chi connectivity index (χ3v) is 4.64. The van der Waals surface area contributed by atoms with Crippen LogP contribution in [0.3, 0.4) is 0 Å². The zero-order chi connectivity index (χ0) is 16.7. The highest BCUT2D eigenvalue weighted by atomic mass is 35.5. The van der Waals surface area contributed by atoms with Crippen LogP contribution in [-0.2, 0) is 0 Å². The van der Waals surface area contributed by atoms with Gasteiger partial charge in [0.25, 0.3) is 0 Å². The number of halogens is 2. The van der Waals surface area contributed by atoms with Crippen LogP contribution in [0.4, 0.5) is 0 Å². The van der Waals surface area contributed by atoms with Crippen molar-refractivity contribution in [2.24, 2.45) is 0 Å². The molecule has 0 saturated carbocycles. The van der Waals surface area contributed by atoms with E-state index in [0.717, 1.165) is 21.5 Å². The fourth-order valence-corrected chi connectivity index (χ4v) is 3.27. The van der Waals surface area contributed by atoms with Crippen LogP contribution < -0.4 is 4.74 Å². The highest BCUT2D eigenvalue weighted by Crippen LogP contribution is 2.36. The standard InChI is InChI=1S/C20H12Cl2O2/c21-18-11-15(10-12-3-1-2-4-16(12)18)24-14-6-7-17-13(9-14)5-8-19(23)20(17)22/h1-11,23H. The second-order valence-corrected chi connectivity index (χ2v) is 6.30. The monoisotopic (exact) mass is 354 g/mol. The first-order valence-corrected chi connectivity index (χ1v) is 8.15. The normalized spacial score (nSPS) is 11.1. The number of fused-ring (bicyclic) bond motifs is 2. The van der Waals surface area contributed by atoms with Crippen molar-refractivity contribution in [1.29, 1.82) is 0 Å². The molecule has 0 aliphatic heterocycles. The molecule has 0 unspecified atom stereocenters. The lowest BCUT2D eigenvalue weighted by Gasteiger charge is -2.10. The molecule has 4 aromatic rings. The Morgan fingerprint density at radius 2 is 1.46 bits per heavy atom. The van der Waals surface area contributed by atoms with Gasteiger partial charge in [0, 0.05) is 16.8 Å². The summed E-state index contributed by atoms with van der Waals surface area (Å²) in [6.07, 6.45) is 0. The zero-order valence-electron chi connectivity index (χ0n) is 12.5. The van der Waals surface area contributed by atoms with E-state index in [2.05, 4.69) is 0 Å². The minimum Gasteiger partial charge on any atom is -0.506 e. The fraction of sp³-hybridized carbons (Fsp3) is 0. The van der Waals surface area contributed by atoms with Gasteiger partial charge >= 0.3 is 0 Å². The summed E-state index contributed by atoms with van der Waals surface area (Å²) in [5, 5.41) is 14.3. The Kier molecular flexibility index (Phi) is 3.72. The van der Waals surface area contributed by atoms with Crippen molar-refractivity contribution < 1.29 is 9.84 Å². The van der Waals surface area contributed by atoms with Crippen molar-refractivity contribution in [2.75, 3.05) is 0 Å². The lowest BCUT2D eigenvalue weighted by molar-refractivity contribution is 0.476. The molecule has 0 radical (unpaired) electrons. The largest absolute Gasteiger partial charge is 0.506 e. The van der Waals surface area contributed by atoms with Gasteiger partial charge in [0.1, 0.15) is 17.2 Å². The van der Waals surface area contributed by atoms with Crippen molar-refractivity contribution in [2.45, 2.75) is 0 Å². The molecule has 0 amide bonds. The van der Waals surface area contributed by atoms with Gasteiger partial charge in [-0.05, 0) is 41.1 Å². The first-order chi connectivity index (χ1) is 11.6. The van der Waals surface area contributed by atoms with Gasteiger partial charge < -0.3 is 9.84 Å². The third kappa shape index (κ3) is 2.64. The molecule has 4 aromatic carbocycles. The Morgan fingerprint density at radius 3 is 2.33 bits per heavy atom. The van der Waals surface area contributed by atoms with Crippen LogP contribution in [0.25, 0.3) is 21.5 Å². The second-order valence-electron chi connectivity index (χ2n) is 5.51. The lowest BCUT2D eigenvalue weighted by Crippen LogP contribution is -1.86. The number of phenolic OH excluding ortho intramolecular Hbond substituents is 1. The highest BCUT2D eigenvalue weighted by molar-refractivity contribution is 6.37. The third-order valence-electron chi connectivity index (χ3n) is 3.93. The predicted octanol–water partition coefficient (Wildman–Crippen LogP) is 6.80. The van der Waals surface area contributed by atoms with Crippen LogP contribution in [0.5, 0.6) is 17.2 Å². The number of ether oxygens (including phenoxy) is 1. The molecular weight excluding hydrogens is 343 g/mol. The van der Waals surface area contributed by atoms with Crippen LogP contribution >= 0.6 is 23.2 Å². The van der Waals surface area contributed by atoms with E-state index in [1.165, 1.54) is 0 Å². The molecule has 0 aliphatic carbocycles. The minimum atomic E-state index is 0.0687. The molecule has 4 rings (SSSR count). The molecule has 2 nitrogen and oxygen atoms in total. The maximum Gasteiger partial charge on any atom is 0.134 e. The molecule has 0 atom stereocenters. The molecule has 24 heavy (non-hydrogen) atoms. The first-order valence-electron chi connectivity index (χ1n) is 7.39. The summed E-state index contributed by atoms with van der Waals surface area (Å²) >= 11 is 12.5. The van der Waals surface area contributed by atoms with Crippen molar-refractivity contribution in [3.63, 3.8) is 0 Å². The van der Waals surface area contributed by atoms with E-state index in [9.17, 15) is 5.11 Å². The number of phenols is 1. The zero-order valence-corrected chi connectivity index (χ0v) is 14.0. The van der Waals surface area contributed by atoms with Gasteiger partial charge in [0.15, 0.2) is 0 Å². The van der Waals surface area contributed by atoms with E-state index in [4.69, 9.17) is 27.9 Å². The quantitative estimate of drug-likeness (QED) is 0.429. The van der Waals surface area contributed by atoms with E-state index in [1.54, 1.807) is 18.2 Å². The Balaban J connectivity index is 1.75. The van der Waals surface area contributed by atoms with Gasteiger partial charge in [0.05, 0.1) is 10.0 Å². The van der Waals surface area contributed by atoms with E-state index >= 15 is 0 Å². The van der Waals surface area contributed by atoms with Crippen molar-refractivity contribution in [3.05, 3.63) is 76.8 Å². The molecule has 0 fully saturated rings. The number of hydrogen-bond donors (Lipinski definition) is 1. The van der Waals surface area contributed by atoms with Gasteiger partial charge in [-0.2, -0.15) is 0 Å². The molecule has 0 aromatic heterocycles. The van der Waals surface area contributed by atoms with Crippen LogP contribution in [0.1, 0.15) is 0 Å². The van der Waals surface area contributed by atoms with Crippen molar-refractivity contribution in [1.82, 2.24) is 0 Å². The molecule has 0 bridgehead atoms. The van der Waals surface area contributed by atoms with Crippen LogP contribution in [0.2, 0.25) is 10.0 Å². The molecule has 0 saturated heterocycles. The average Bonchev–Trinajstić information content (AvgIpc) is 2.58. The van der Waals surface area contributed by atoms with E-state index in [-0.39, 0.29) is 5.75 Å².